The van der Waals surface area contributed by atoms with E-state index >= 15 is 0 Å². The number of ether oxygens (including phenoxy) is 1. The van der Waals surface area contributed by atoms with Crippen molar-refractivity contribution in [2.75, 3.05) is 32.6 Å². The monoisotopic (exact) mass is 342 g/mol. The highest BCUT2D eigenvalue weighted by atomic mass is 35.5. The molecule has 1 aromatic rings. The molecule has 1 saturated heterocycles. The molecule has 1 atom stereocenters. The van der Waals surface area contributed by atoms with Gasteiger partial charge in [0.05, 0.1) is 23.8 Å². The molecule has 0 aliphatic carbocycles. The molecule has 1 N–H and O–H groups in total. The normalized spacial score (nSPS) is 16.2. The number of amides is 2. The Bertz CT molecular complexity index is 562. The Labute approximate surface area is 139 Å². The van der Waals surface area contributed by atoms with Gasteiger partial charge in [-0.2, -0.15) is 0 Å². The van der Waals surface area contributed by atoms with Gasteiger partial charge in [-0.05, 0) is 31.4 Å². The summed E-state index contributed by atoms with van der Waals surface area (Å²) in [7, 11) is 0. The first kappa shape index (κ1) is 17.1. The molecule has 5 nitrogen and oxygen atoms in total. The Hall–Kier alpha value is -1.24. The van der Waals surface area contributed by atoms with E-state index in [1.807, 2.05) is 12.3 Å². The predicted molar refractivity (Wildman–Crippen MR) is 87.6 cm³/mol. The van der Waals surface area contributed by atoms with E-state index in [1.54, 1.807) is 24.0 Å². The molecule has 0 spiro atoms. The average molecular weight is 343 g/mol. The van der Waals surface area contributed by atoms with E-state index < -0.39 is 6.04 Å². The third-order valence-electron chi connectivity index (χ3n) is 3.46. The molecule has 2 rings (SSSR count). The van der Waals surface area contributed by atoms with Crippen molar-refractivity contribution in [2.45, 2.75) is 17.9 Å². The number of halogens is 1. The van der Waals surface area contributed by atoms with Gasteiger partial charge in [-0.1, -0.05) is 11.6 Å². The summed E-state index contributed by atoms with van der Waals surface area (Å²) in [6.45, 7) is 3.87. The van der Waals surface area contributed by atoms with Gasteiger partial charge in [-0.15, -0.1) is 11.8 Å². The first-order valence-electron chi connectivity index (χ1n) is 7.04. The van der Waals surface area contributed by atoms with Crippen LogP contribution >= 0.6 is 23.4 Å². The summed E-state index contributed by atoms with van der Waals surface area (Å²) < 4.78 is 5.22. The molecule has 1 aliphatic heterocycles. The highest BCUT2D eigenvalue weighted by Gasteiger charge is 2.24. The Balaban J connectivity index is 2.03. The predicted octanol–water partition coefficient (Wildman–Crippen LogP) is 2.04. The van der Waals surface area contributed by atoms with E-state index in [4.69, 9.17) is 16.3 Å². The van der Waals surface area contributed by atoms with E-state index in [2.05, 4.69) is 5.32 Å². The van der Waals surface area contributed by atoms with Crippen molar-refractivity contribution in [3.8, 4) is 0 Å². The molecule has 7 heteroatoms. The average Bonchev–Trinajstić information content (AvgIpc) is 2.55. The Morgan fingerprint density at radius 1 is 1.36 bits per heavy atom. The maximum absolute atomic E-state index is 12.3. The maximum Gasteiger partial charge on any atom is 0.253 e. The minimum absolute atomic E-state index is 0.103. The number of thioether (sulfide) groups is 1. The van der Waals surface area contributed by atoms with Crippen molar-refractivity contribution in [1.29, 1.82) is 0 Å². The zero-order chi connectivity index (χ0) is 16.1. The van der Waals surface area contributed by atoms with Gasteiger partial charge in [0.25, 0.3) is 5.91 Å². The standard InChI is InChI=1S/C15H19ClN2O3S/c1-10(15(20)18-5-7-21-8-6-18)17-14(19)12-9-11(22-2)3-4-13(12)16/h3-4,9-10H,5-8H2,1-2H3,(H,17,19). The third kappa shape index (κ3) is 4.15. The third-order valence-corrected chi connectivity index (χ3v) is 4.51. The molecule has 0 radical (unpaired) electrons. The van der Waals surface area contributed by atoms with Gasteiger partial charge < -0.3 is 15.0 Å². The lowest BCUT2D eigenvalue weighted by Gasteiger charge is -2.29. The topological polar surface area (TPSA) is 58.6 Å². The molecule has 22 heavy (non-hydrogen) atoms. The van der Waals surface area contributed by atoms with Gasteiger partial charge in [-0.25, -0.2) is 0 Å². The number of morpholine rings is 1. The lowest BCUT2D eigenvalue weighted by molar-refractivity contribution is -0.136. The second-order valence-corrected chi connectivity index (χ2v) is 6.27. The van der Waals surface area contributed by atoms with Gasteiger partial charge in [-0.3, -0.25) is 9.59 Å². The molecule has 1 aliphatic rings. The summed E-state index contributed by atoms with van der Waals surface area (Å²) in [4.78, 5) is 27.3. The van der Waals surface area contributed by atoms with Crippen molar-refractivity contribution in [3.05, 3.63) is 28.8 Å². The SMILES string of the molecule is CSc1ccc(Cl)c(C(=O)NC(C)C(=O)N2CCOCC2)c1. The number of benzene rings is 1. The van der Waals surface area contributed by atoms with Crippen LogP contribution in [0.5, 0.6) is 0 Å². The van der Waals surface area contributed by atoms with E-state index in [-0.39, 0.29) is 11.8 Å². The summed E-state index contributed by atoms with van der Waals surface area (Å²) in [5.74, 6) is -0.441. The van der Waals surface area contributed by atoms with Crippen LogP contribution in [0.25, 0.3) is 0 Å². The fourth-order valence-electron chi connectivity index (χ4n) is 2.20. The summed E-state index contributed by atoms with van der Waals surface area (Å²) in [6, 6.07) is 4.68. The second kappa shape index (κ2) is 7.85. The molecule has 1 heterocycles. The fourth-order valence-corrected chi connectivity index (χ4v) is 2.84. The van der Waals surface area contributed by atoms with E-state index in [9.17, 15) is 9.59 Å². The summed E-state index contributed by atoms with van der Waals surface area (Å²) in [5, 5.41) is 3.10. The number of rotatable bonds is 4. The van der Waals surface area contributed by atoms with Gasteiger partial charge in [0.1, 0.15) is 6.04 Å². The van der Waals surface area contributed by atoms with E-state index in [0.717, 1.165) is 4.90 Å². The fraction of sp³-hybridized carbons (Fsp3) is 0.467. The van der Waals surface area contributed by atoms with Gasteiger partial charge in [0.15, 0.2) is 0 Å². The first-order chi connectivity index (χ1) is 10.5. The smallest absolute Gasteiger partial charge is 0.253 e. The van der Waals surface area contributed by atoms with Crippen LogP contribution in [0.15, 0.2) is 23.1 Å². The molecular formula is C15H19ClN2O3S. The zero-order valence-electron chi connectivity index (χ0n) is 12.6. The van der Waals surface area contributed by atoms with Crippen molar-refractivity contribution in [1.82, 2.24) is 10.2 Å². The molecule has 2 amide bonds. The minimum Gasteiger partial charge on any atom is -0.378 e. The van der Waals surface area contributed by atoms with Crippen molar-refractivity contribution >= 4 is 35.2 Å². The van der Waals surface area contributed by atoms with Crippen LogP contribution in [-0.4, -0.2) is 55.3 Å². The summed E-state index contributed by atoms with van der Waals surface area (Å²) in [6.07, 6.45) is 1.93. The molecular weight excluding hydrogens is 324 g/mol. The molecule has 120 valence electrons. The Kier molecular flexibility index (Phi) is 6.11. The van der Waals surface area contributed by atoms with E-state index in [1.165, 1.54) is 11.8 Å². The Morgan fingerprint density at radius 3 is 2.68 bits per heavy atom. The number of hydrogen-bond donors (Lipinski definition) is 1. The quantitative estimate of drug-likeness (QED) is 0.851. The lowest BCUT2D eigenvalue weighted by Crippen LogP contribution is -2.50. The van der Waals surface area contributed by atoms with Crippen molar-refractivity contribution < 1.29 is 14.3 Å². The highest BCUT2D eigenvalue weighted by Crippen LogP contribution is 2.23. The molecule has 1 aromatic carbocycles. The highest BCUT2D eigenvalue weighted by molar-refractivity contribution is 7.98. The molecule has 0 aromatic heterocycles. The van der Waals surface area contributed by atoms with Gasteiger partial charge in [0.2, 0.25) is 5.91 Å². The first-order valence-corrected chi connectivity index (χ1v) is 8.64. The van der Waals surface area contributed by atoms with Gasteiger partial charge in [0, 0.05) is 18.0 Å². The van der Waals surface area contributed by atoms with Gasteiger partial charge >= 0.3 is 0 Å². The Morgan fingerprint density at radius 2 is 2.05 bits per heavy atom. The second-order valence-electron chi connectivity index (χ2n) is 4.98. The van der Waals surface area contributed by atoms with Crippen LogP contribution in [-0.2, 0) is 9.53 Å². The van der Waals surface area contributed by atoms with Crippen LogP contribution in [0.1, 0.15) is 17.3 Å². The molecule has 1 unspecified atom stereocenters. The van der Waals surface area contributed by atoms with Crippen LogP contribution in [0.3, 0.4) is 0 Å². The molecule has 1 fully saturated rings. The van der Waals surface area contributed by atoms with E-state index in [0.29, 0.717) is 36.9 Å². The van der Waals surface area contributed by atoms with Crippen molar-refractivity contribution in [3.63, 3.8) is 0 Å². The summed E-state index contributed by atoms with van der Waals surface area (Å²) >= 11 is 7.61. The maximum atomic E-state index is 12.3. The number of hydrogen-bond acceptors (Lipinski definition) is 4. The zero-order valence-corrected chi connectivity index (χ0v) is 14.2. The molecule has 0 bridgehead atoms. The summed E-state index contributed by atoms with van der Waals surface area (Å²) in [5.41, 5.74) is 0.384. The lowest BCUT2D eigenvalue weighted by atomic mass is 10.2. The van der Waals surface area contributed by atoms with Crippen LogP contribution in [0.2, 0.25) is 5.02 Å². The molecule has 0 saturated carbocycles. The number of nitrogens with one attached hydrogen (secondary N) is 1. The number of carbonyl (C=O) groups excluding carboxylic acids is 2. The number of nitrogens with zero attached hydrogens (tertiary/aromatic N) is 1. The largest absolute Gasteiger partial charge is 0.378 e. The van der Waals surface area contributed by atoms with Crippen LogP contribution in [0.4, 0.5) is 0 Å². The number of carbonyl (C=O) groups is 2. The minimum atomic E-state index is -0.598. The van der Waals surface area contributed by atoms with Crippen LogP contribution < -0.4 is 5.32 Å². The van der Waals surface area contributed by atoms with Crippen molar-refractivity contribution in [2.24, 2.45) is 0 Å². The van der Waals surface area contributed by atoms with Crippen LogP contribution in [0, 0.1) is 0 Å².